The Morgan fingerprint density at radius 1 is 1.19 bits per heavy atom. The van der Waals surface area contributed by atoms with E-state index in [1.54, 1.807) is 12.3 Å². The van der Waals surface area contributed by atoms with Gasteiger partial charge in [0.15, 0.2) is 11.7 Å². The van der Waals surface area contributed by atoms with Gasteiger partial charge in [-0.1, -0.05) is 28.1 Å². The molecule has 140 valence electrons. The lowest BCUT2D eigenvalue weighted by atomic mass is 10.1. The Hall–Kier alpha value is -2.45. The molecular formula is C19H17BrN2O4S. The van der Waals surface area contributed by atoms with Gasteiger partial charge in [-0.05, 0) is 42.0 Å². The van der Waals surface area contributed by atoms with E-state index in [0.717, 1.165) is 15.2 Å². The van der Waals surface area contributed by atoms with Gasteiger partial charge in [-0.25, -0.2) is 4.98 Å². The number of nitrogens with zero attached hydrogens (tertiary/aromatic N) is 1. The average molecular weight is 449 g/mol. The van der Waals surface area contributed by atoms with Crippen LogP contribution >= 0.6 is 27.3 Å². The number of aromatic nitrogens is 1. The zero-order valence-electron chi connectivity index (χ0n) is 14.5. The number of amides is 1. The number of halogens is 1. The largest absolute Gasteiger partial charge is 0.484 e. The Kier molecular flexibility index (Phi) is 6.41. The maximum Gasteiger partial charge on any atom is 0.311 e. The quantitative estimate of drug-likeness (QED) is 0.548. The van der Waals surface area contributed by atoms with Crippen molar-refractivity contribution in [1.29, 1.82) is 0 Å². The zero-order valence-corrected chi connectivity index (χ0v) is 16.9. The molecule has 0 saturated carbocycles. The van der Waals surface area contributed by atoms with Crippen LogP contribution in [-0.2, 0) is 20.7 Å². The van der Waals surface area contributed by atoms with E-state index >= 15 is 0 Å². The number of ether oxygens (including phenoxy) is 2. The van der Waals surface area contributed by atoms with Crippen molar-refractivity contribution in [2.24, 2.45) is 0 Å². The average Bonchev–Trinajstić information content (AvgIpc) is 3.06. The van der Waals surface area contributed by atoms with E-state index in [9.17, 15) is 9.59 Å². The lowest BCUT2D eigenvalue weighted by Gasteiger charge is -2.07. The van der Waals surface area contributed by atoms with Gasteiger partial charge in [-0.15, -0.1) is 11.3 Å². The fraction of sp³-hybridized carbons (Fsp3) is 0.211. The maximum absolute atomic E-state index is 12.1. The highest BCUT2D eigenvalue weighted by molar-refractivity contribution is 9.10. The van der Waals surface area contributed by atoms with Crippen LogP contribution in [0.1, 0.15) is 12.6 Å². The molecule has 8 heteroatoms. The number of hydrogen-bond donors (Lipinski definition) is 1. The minimum Gasteiger partial charge on any atom is -0.484 e. The molecule has 2 aromatic carbocycles. The van der Waals surface area contributed by atoms with Gasteiger partial charge in [0.1, 0.15) is 5.75 Å². The smallest absolute Gasteiger partial charge is 0.311 e. The summed E-state index contributed by atoms with van der Waals surface area (Å²) in [5.74, 6) is -0.0441. The van der Waals surface area contributed by atoms with Crippen LogP contribution in [0.2, 0.25) is 0 Å². The topological polar surface area (TPSA) is 77.5 Å². The summed E-state index contributed by atoms with van der Waals surface area (Å²) in [7, 11) is 0. The number of fused-ring (bicyclic) bond motifs is 1. The van der Waals surface area contributed by atoms with Crippen molar-refractivity contribution in [2.45, 2.75) is 13.3 Å². The fourth-order valence-corrected chi connectivity index (χ4v) is 3.50. The highest BCUT2D eigenvalue weighted by atomic mass is 79.9. The molecule has 0 saturated heterocycles. The molecular weight excluding hydrogens is 432 g/mol. The predicted molar refractivity (Wildman–Crippen MR) is 108 cm³/mol. The maximum atomic E-state index is 12.1. The van der Waals surface area contributed by atoms with Crippen LogP contribution in [-0.4, -0.2) is 30.1 Å². The molecule has 0 spiro atoms. The van der Waals surface area contributed by atoms with Gasteiger partial charge < -0.3 is 9.47 Å². The molecule has 0 unspecified atom stereocenters. The zero-order chi connectivity index (χ0) is 19.2. The second-order valence-electron chi connectivity index (χ2n) is 5.62. The van der Waals surface area contributed by atoms with Crippen LogP contribution in [0, 0.1) is 0 Å². The van der Waals surface area contributed by atoms with Gasteiger partial charge in [-0.2, -0.15) is 0 Å². The molecule has 1 heterocycles. The molecule has 0 bridgehead atoms. The number of rotatable bonds is 7. The molecule has 0 radical (unpaired) electrons. The van der Waals surface area contributed by atoms with Crippen LogP contribution in [0.15, 0.2) is 46.3 Å². The molecule has 0 aliphatic carbocycles. The number of thiazole rings is 1. The predicted octanol–water partition coefficient (Wildman–Crippen LogP) is 4.18. The van der Waals surface area contributed by atoms with Crippen molar-refractivity contribution in [3.05, 3.63) is 51.9 Å². The number of anilines is 1. The molecule has 0 atom stereocenters. The summed E-state index contributed by atoms with van der Waals surface area (Å²) >= 11 is 4.69. The van der Waals surface area contributed by atoms with Crippen LogP contribution in [0.3, 0.4) is 0 Å². The highest BCUT2D eigenvalue weighted by Crippen LogP contribution is 2.24. The monoisotopic (exact) mass is 448 g/mol. The van der Waals surface area contributed by atoms with Crippen molar-refractivity contribution < 1.29 is 19.1 Å². The molecule has 3 aromatic rings. The van der Waals surface area contributed by atoms with Crippen molar-refractivity contribution >= 4 is 55.0 Å². The molecule has 0 aliphatic heterocycles. The van der Waals surface area contributed by atoms with Gasteiger partial charge >= 0.3 is 5.97 Å². The number of carbonyl (C=O) groups is 2. The third-order valence-corrected chi connectivity index (χ3v) is 4.87. The van der Waals surface area contributed by atoms with E-state index in [2.05, 4.69) is 26.2 Å². The second kappa shape index (κ2) is 8.96. The molecule has 1 amide bonds. The van der Waals surface area contributed by atoms with Crippen molar-refractivity contribution in [2.75, 3.05) is 18.5 Å². The van der Waals surface area contributed by atoms with Crippen molar-refractivity contribution in [3.8, 4) is 5.75 Å². The van der Waals surface area contributed by atoms with Gasteiger partial charge in [0.2, 0.25) is 0 Å². The van der Waals surface area contributed by atoms with E-state index in [0.29, 0.717) is 23.2 Å². The minimum atomic E-state index is -0.340. The summed E-state index contributed by atoms with van der Waals surface area (Å²) in [4.78, 5) is 27.7. The normalized spacial score (nSPS) is 10.6. The summed E-state index contributed by atoms with van der Waals surface area (Å²) in [6, 6.07) is 11.6. The van der Waals surface area contributed by atoms with E-state index < -0.39 is 0 Å². The number of nitrogens with one attached hydrogen (secondary N) is 1. The number of esters is 1. The lowest BCUT2D eigenvalue weighted by molar-refractivity contribution is -0.142. The fourth-order valence-electron chi connectivity index (χ4n) is 2.39. The van der Waals surface area contributed by atoms with E-state index in [1.165, 1.54) is 11.3 Å². The Labute approximate surface area is 168 Å². The second-order valence-corrected chi connectivity index (χ2v) is 7.39. The van der Waals surface area contributed by atoms with Crippen LogP contribution < -0.4 is 10.1 Å². The van der Waals surface area contributed by atoms with Gasteiger partial charge in [-0.3, -0.25) is 14.9 Å². The molecule has 6 nitrogen and oxygen atoms in total. The summed E-state index contributed by atoms with van der Waals surface area (Å²) in [5, 5.41) is 6.92. The first-order valence-electron chi connectivity index (χ1n) is 8.25. The number of hydrogen-bond acceptors (Lipinski definition) is 6. The van der Waals surface area contributed by atoms with Crippen LogP contribution in [0.25, 0.3) is 10.8 Å². The van der Waals surface area contributed by atoms with Crippen LogP contribution in [0.5, 0.6) is 5.75 Å². The molecule has 0 fully saturated rings. The first-order chi connectivity index (χ1) is 13.0. The standard InChI is InChI=1S/C19H17BrN2O4S/c1-2-25-18(24)9-15-11-27-19(21-15)22-17(23)10-26-16-6-4-12-7-14(20)5-3-13(12)8-16/h3-8,11H,2,9-10H2,1H3,(H,21,22,23). The Bertz CT molecular complexity index is 973. The van der Waals surface area contributed by atoms with E-state index in [4.69, 9.17) is 9.47 Å². The first kappa shape index (κ1) is 19.3. The Morgan fingerprint density at radius 3 is 2.78 bits per heavy atom. The van der Waals surface area contributed by atoms with Crippen molar-refractivity contribution in [3.63, 3.8) is 0 Å². The van der Waals surface area contributed by atoms with Gasteiger partial charge in [0.05, 0.1) is 18.7 Å². The molecule has 3 rings (SSSR count). The van der Waals surface area contributed by atoms with Crippen molar-refractivity contribution in [1.82, 2.24) is 4.98 Å². The molecule has 27 heavy (non-hydrogen) atoms. The van der Waals surface area contributed by atoms with E-state index in [1.807, 2.05) is 36.4 Å². The SMILES string of the molecule is CCOC(=O)Cc1csc(NC(=O)COc2ccc3cc(Br)ccc3c2)n1. The Balaban J connectivity index is 1.53. The summed E-state index contributed by atoms with van der Waals surface area (Å²) < 4.78 is 11.4. The van der Waals surface area contributed by atoms with Crippen LogP contribution in [0.4, 0.5) is 5.13 Å². The summed E-state index contributed by atoms with van der Waals surface area (Å²) in [6.07, 6.45) is 0.0872. The molecule has 1 N–H and O–H groups in total. The molecule has 1 aromatic heterocycles. The summed E-state index contributed by atoms with van der Waals surface area (Å²) in [5.41, 5.74) is 0.565. The van der Waals surface area contributed by atoms with Gasteiger partial charge in [0, 0.05) is 9.85 Å². The van der Waals surface area contributed by atoms with E-state index in [-0.39, 0.29) is 24.9 Å². The minimum absolute atomic E-state index is 0.0872. The third-order valence-electron chi connectivity index (χ3n) is 3.57. The highest BCUT2D eigenvalue weighted by Gasteiger charge is 2.11. The lowest BCUT2D eigenvalue weighted by Crippen LogP contribution is -2.20. The third kappa shape index (κ3) is 5.51. The Morgan fingerprint density at radius 2 is 1.96 bits per heavy atom. The van der Waals surface area contributed by atoms with Gasteiger partial charge in [0.25, 0.3) is 5.91 Å². The first-order valence-corrected chi connectivity index (χ1v) is 9.93. The number of carbonyl (C=O) groups excluding carboxylic acids is 2. The molecule has 0 aliphatic rings. The number of benzene rings is 2. The summed E-state index contributed by atoms with van der Waals surface area (Å²) in [6.45, 7) is 1.95.